The monoisotopic (exact) mass is 249 g/mol. The summed E-state index contributed by atoms with van der Waals surface area (Å²) in [6.45, 7) is 7.83. The van der Waals surface area contributed by atoms with E-state index in [0.29, 0.717) is 0 Å². The average molecular weight is 249 g/mol. The third-order valence-electron chi connectivity index (χ3n) is 3.61. The van der Waals surface area contributed by atoms with Crippen molar-refractivity contribution in [3.8, 4) is 0 Å². The van der Waals surface area contributed by atoms with Gasteiger partial charge in [0.25, 0.3) is 5.69 Å². The molecule has 1 heterocycles. The number of hydrogen-bond acceptors (Lipinski definition) is 4. The van der Waals surface area contributed by atoms with Crippen molar-refractivity contribution in [1.82, 2.24) is 10.2 Å². The van der Waals surface area contributed by atoms with Crippen molar-refractivity contribution < 1.29 is 4.92 Å². The predicted octanol–water partition coefficient (Wildman–Crippen LogP) is 1.87. The summed E-state index contributed by atoms with van der Waals surface area (Å²) >= 11 is 0. The van der Waals surface area contributed by atoms with E-state index in [1.54, 1.807) is 13.0 Å². The third kappa shape index (κ3) is 2.68. The first-order valence-electron chi connectivity index (χ1n) is 6.29. The van der Waals surface area contributed by atoms with Crippen LogP contribution in [0.25, 0.3) is 0 Å². The minimum absolute atomic E-state index is 0.217. The van der Waals surface area contributed by atoms with E-state index in [0.717, 1.165) is 37.3 Å². The van der Waals surface area contributed by atoms with Crippen LogP contribution in [0, 0.1) is 17.0 Å². The Balaban J connectivity index is 2.21. The fraction of sp³-hybridized carbons (Fsp3) is 0.538. The smallest absolute Gasteiger partial charge is 0.272 e. The molecule has 2 rings (SSSR count). The van der Waals surface area contributed by atoms with Crippen LogP contribution >= 0.6 is 0 Å². The van der Waals surface area contributed by atoms with Crippen molar-refractivity contribution in [2.75, 3.05) is 26.2 Å². The van der Waals surface area contributed by atoms with Crippen LogP contribution in [-0.2, 0) is 0 Å². The Morgan fingerprint density at radius 3 is 2.67 bits per heavy atom. The van der Waals surface area contributed by atoms with Gasteiger partial charge in [-0.05, 0) is 19.4 Å². The van der Waals surface area contributed by atoms with E-state index in [-0.39, 0.29) is 16.7 Å². The Labute approximate surface area is 107 Å². The summed E-state index contributed by atoms with van der Waals surface area (Å²) in [5, 5.41) is 14.3. The highest BCUT2D eigenvalue weighted by atomic mass is 16.6. The summed E-state index contributed by atoms with van der Waals surface area (Å²) in [5.74, 6) is 0. The molecule has 0 radical (unpaired) electrons. The van der Waals surface area contributed by atoms with Gasteiger partial charge in [-0.25, -0.2) is 0 Å². The molecule has 1 aliphatic rings. The lowest BCUT2D eigenvalue weighted by Crippen LogP contribution is -2.44. The molecule has 1 atom stereocenters. The van der Waals surface area contributed by atoms with E-state index in [4.69, 9.17) is 0 Å². The lowest BCUT2D eigenvalue weighted by molar-refractivity contribution is -0.385. The average Bonchev–Trinajstić information content (AvgIpc) is 2.39. The molecule has 5 heteroatoms. The molecule has 18 heavy (non-hydrogen) atoms. The van der Waals surface area contributed by atoms with Crippen LogP contribution in [0.15, 0.2) is 18.2 Å². The molecule has 0 aromatic heterocycles. The predicted molar refractivity (Wildman–Crippen MR) is 70.7 cm³/mol. The van der Waals surface area contributed by atoms with Gasteiger partial charge in [0.15, 0.2) is 0 Å². The van der Waals surface area contributed by atoms with Crippen molar-refractivity contribution in [1.29, 1.82) is 0 Å². The van der Waals surface area contributed by atoms with Crippen molar-refractivity contribution in [2.45, 2.75) is 19.9 Å². The summed E-state index contributed by atoms with van der Waals surface area (Å²) in [5.41, 5.74) is 1.96. The van der Waals surface area contributed by atoms with E-state index in [1.807, 2.05) is 12.1 Å². The number of aryl methyl sites for hydroxylation is 1. The summed E-state index contributed by atoms with van der Waals surface area (Å²) in [6, 6.07) is 5.77. The molecule has 1 aliphatic heterocycles. The molecular weight excluding hydrogens is 230 g/mol. The van der Waals surface area contributed by atoms with Gasteiger partial charge >= 0.3 is 0 Å². The topological polar surface area (TPSA) is 58.4 Å². The summed E-state index contributed by atoms with van der Waals surface area (Å²) in [4.78, 5) is 13.0. The molecule has 1 fully saturated rings. The lowest BCUT2D eigenvalue weighted by atomic mass is 10.0. The fourth-order valence-electron chi connectivity index (χ4n) is 2.36. The Bertz CT molecular complexity index is 442. The first-order chi connectivity index (χ1) is 8.59. The molecule has 0 saturated carbocycles. The summed E-state index contributed by atoms with van der Waals surface area (Å²) < 4.78 is 0. The van der Waals surface area contributed by atoms with E-state index in [9.17, 15) is 10.1 Å². The molecule has 0 aliphatic carbocycles. The van der Waals surface area contributed by atoms with Crippen LogP contribution in [0.3, 0.4) is 0 Å². The van der Waals surface area contributed by atoms with Gasteiger partial charge in [0.2, 0.25) is 0 Å². The van der Waals surface area contributed by atoms with Gasteiger partial charge < -0.3 is 5.32 Å². The van der Waals surface area contributed by atoms with Crippen LogP contribution in [0.1, 0.15) is 24.1 Å². The SMILES string of the molecule is Cc1ccc(C(C)N2CCNCC2)cc1[N+](=O)[O-]. The molecule has 5 nitrogen and oxygen atoms in total. The molecule has 1 aromatic rings. The van der Waals surface area contributed by atoms with Crippen molar-refractivity contribution >= 4 is 5.69 Å². The van der Waals surface area contributed by atoms with Gasteiger partial charge in [0.05, 0.1) is 4.92 Å². The molecule has 1 saturated heterocycles. The maximum atomic E-state index is 11.0. The maximum Gasteiger partial charge on any atom is 0.272 e. The normalized spacial score (nSPS) is 18.6. The van der Waals surface area contributed by atoms with Gasteiger partial charge in [-0.15, -0.1) is 0 Å². The zero-order valence-electron chi connectivity index (χ0n) is 10.8. The second kappa shape index (κ2) is 5.46. The minimum atomic E-state index is -0.302. The van der Waals surface area contributed by atoms with Gasteiger partial charge in [-0.3, -0.25) is 15.0 Å². The largest absolute Gasteiger partial charge is 0.314 e. The van der Waals surface area contributed by atoms with E-state index >= 15 is 0 Å². The number of piperazine rings is 1. The third-order valence-corrected chi connectivity index (χ3v) is 3.61. The lowest BCUT2D eigenvalue weighted by Gasteiger charge is -2.33. The Morgan fingerprint density at radius 2 is 2.06 bits per heavy atom. The number of nitro groups is 1. The van der Waals surface area contributed by atoms with Gasteiger partial charge in [0.1, 0.15) is 0 Å². The van der Waals surface area contributed by atoms with Crippen LogP contribution in [0.5, 0.6) is 0 Å². The number of nitrogens with one attached hydrogen (secondary N) is 1. The first kappa shape index (κ1) is 13.0. The van der Waals surface area contributed by atoms with Crippen LogP contribution in [-0.4, -0.2) is 36.0 Å². The Hall–Kier alpha value is -1.46. The van der Waals surface area contributed by atoms with Gasteiger partial charge in [0, 0.05) is 43.9 Å². The zero-order chi connectivity index (χ0) is 13.1. The molecule has 0 spiro atoms. The number of nitro benzene ring substituents is 1. The highest BCUT2D eigenvalue weighted by Crippen LogP contribution is 2.26. The zero-order valence-corrected chi connectivity index (χ0v) is 10.8. The van der Waals surface area contributed by atoms with E-state index < -0.39 is 0 Å². The van der Waals surface area contributed by atoms with Crippen LogP contribution in [0.2, 0.25) is 0 Å². The molecule has 1 N–H and O–H groups in total. The van der Waals surface area contributed by atoms with Gasteiger partial charge in [-0.1, -0.05) is 12.1 Å². The standard InChI is InChI=1S/C13H19N3O2/c1-10-3-4-12(9-13(10)16(17)18)11(2)15-7-5-14-6-8-15/h3-4,9,11,14H,5-8H2,1-2H3. The summed E-state index contributed by atoms with van der Waals surface area (Å²) in [6.07, 6.45) is 0. The van der Waals surface area contributed by atoms with Crippen molar-refractivity contribution in [2.24, 2.45) is 0 Å². The van der Waals surface area contributed by atoms with E-state index in [2.05, 4.69) is 17.1 Å². The first-order valence-corrected chi connectivity index (χ1v) is 6.29. The second-order valence-corrected chi connectivity index (χ2v) is 4.76. The highest BCUT2D eigenvalue weighted by Gasteiger charge is 2.20. The summed E-state index contributed by atoms with van der Waals surface area (Å²) in [7, 11) is 0. The van der Waals surface area contributed by atoms with E-state index in [1.165, 1.54) is 0 Å². The fourth-order valence-corrected chi connectivity index (χ4v) is 2.36. The molecule has 0 bridgehead atoms. The second-order valence-electron chi connectivity index (χ2n) is 4.76. The quantitative estimate of drug-likeness (QED) is 0.656. The Morgan fingerprint density at radius 1 is 1.39 bits per heavy atom. The van der Waals surface area contributed by atoms with Crippen LogP contribution in [0.4, 0.5) is 5.69 Å². The number of hydrogen-bond donors (Lipinski definition) is 1. The molecular formula is C13H19N3O2. The highest BCUT2D eigenvalue weighted by molar-refractivity contribution is 5.43. The van der Waals surface area contributed by atoms with Crippen LogP contribution < -0.4 is 5.32 Å². The molecule has 1 aromatic carbocycles. The number of nitrogens with zero attached hydrogens (tertiary/aromatic N) is 2. The molecule has 98 valence electrons. The molecule has 0 amide bonds. The number of rotatable bonds is 3. The van der Waals surface area contributed by atoms with Crippen molar-refractivity contribution in [3.05, 3.63) is 39.4 Å². The maximum absolute atomic E-state index is 11.0. The minimum Gasteiger partial charge on any atom is -0.314 e. The Kier molecular flexibility index (Phi) is 3.93. The molecule has 1 unspecified atom stereocenters. The van der Waals surface area contributed by atoms with Crippen molar-refractivity contribution in [3.63, 3.8) is 0 Å². The number of benzene rings is 1. The van der Waals surface area contributed by atoms with Gasteiger partial charge in [-0.2, -0.15) is 0 Å².